The molecule has 2 rings (SSSR count). The van der Waals surface area contributed by atoms with Gasteiger partial charge in [-0.2, -0.15) is 0 Å². The lowest BCUT2D eigenvalue weighted by molar-refractivity contribution is -0.127. The van der Waals surface area contributed by atoms with Crippen LogP contribution in [0.2, 0.25) is 10.0 Å². The van der Waals surface area contributed by atoms with Gasteiger partial charge in [-0.3, -0.25) is 9.69 Å². The summed E-state index contributed by atoms with van der Waals surface area (Å²) in [5.74, 6) is -0.0327. The molecular formula is C15H18Cl2N2O2. The third kappa shape index (κ3) is 4.45. The molecule has 1 heterocycles. The maximum absolute atomic E-state index is 12.1. The van der Waals surface area contributed by atoms with E-state index in [1.807, 2.05) is 6.07 Å². The molecule has 0 bridgehead atoms. The molecule has 1 aliphatic rings. The van der Waals surface area contributed by atoms with Crippen LogP contribution in [0.25, 0.3) is 6.08 Å². The molecule has 1 saturated heterocycles. The topological polar surface area (TPSA) is 43.8 Å². The van der Waals surface area contributed by atoms with E-state index in [9.17, 15) is 4.79 Å². The number of rotatable bonds is 4. The molecule has 1 amide bonds. The Labute approximate surface area is 134 Å². The summed E-state index contributed by atoms with van der Waals surface area (Å²) >= 11 is 12.0. The van der Waals surface area contributed by atoms with Crippen LogP contribution in [0, 0.1) is 0 Å². The minimum Gasteiger partial charge on any atom is -0.395 e. The molecule has 1 N–H and O–H groups in total. The molecule has 6 heteroatoms. The highest BCUT2D eigenvalue weighted by Gasteiger charge is 2.18. The Hall–Kier alpha value is -1.07. The standard InChI is InChI=1S/C15H18Cl2N2O2/c16-13-3-1-2-12(15(13)17)4-5-14(21)19-8-6-18(7-9-19)10-11-20/h1-5,20H,6-11H2. The minimum absolute atomic E-state index is 0.0327. The first kappa shape index (κ1) is 16.3. The Kier molecular flexibility index (Phi) is 6.06. The highest BCUT2D eigenvalue weighted by Crippen LogP contribution is 2.26. The van der Waals surface area contributed by atoms with Crippen molar-refractivity contribution in [2.45, 2.75) is 0 Å². The van der Waals surface area contributed by atoms with E-state index in [-0.39, 0.29) is 12.5 Å². The molecule has 0 saturated carbocycles. The summed E-state index contributed by atoms with van der Waals surface area (Å²) in [6.07, 6.45) is 3.22. The van der Waals surface area contributed by atoms with Crippen molar-refractivity contribution >= 4 is 35.2 Å². The number of nitrogens with zero attached hydrogens (tertiary/aromatic N) is 2. The van der Waals surface area contributed by atoms with Crippen molar-refractivity contribution in [3.63, 3.8) is 0 Å². The minimum atomic E-state index is -0.0327. The van der Waals surface area contributed by atoms with Crippen molar-refractivity contribution in [2.24, 2.45) is 0 Å². The van der Waals surface area contributed by atoms with Gasteiger partial charge < -0.3 is 10.0 Å². The van der Waals surface area contributed by atoms with Crippen LogP contribution in [0.15, 0.2) is 24.3 Å². The molecule has 1 aliphatic heterocycles. The van der Waals surface area contributed by atoms with Crippen molar-refractivity contribution in [3.05, 3.63) is 39.9 Å². The van der Waals surface area contributed by atoms with Crippen LogP contribution < -0.4 is 0 Å². The summed E-state index contributed by atoms with van der Waals surface area (Å²) in [4.78, 5) is 16.1. The summed E-state index contributed by atoms with van der Waals surface area (Å²) < 4.78 is 0. The summed E-state index contributed by atoms with van der Waals surface area (Å²) in [6, 6.07) is 5.33. The Morgan fingerprint density at radius 3 is 2.62 bits per heavy atom. The molecule has 1 fully saturated rings. The van der Waals surface area contributed by atoms with E-state index < -0.39 is 0 Å². The first-order chi connectivity index (χ1) is 10.1. The Balaban J connectivity index is 1.93. The van der Waals surface area contributed by atoms with Crippen LogP contribution >= 0.6 is 23.2 Å². The lowest BCUT2D eigenvalue weighted by Gasteiger charge is -2.33. The normalized spacial score (nSPS) is 16.6. The van der Waals surface area contributed by atoms with E-state index in [2.05, 4.69) is 4.90 Å². The fraction of sp³-hybridized carbons (Fsp3) is 0.400. The first-order valence-electron chi connectivity index (χ1n) is 6.86. The molecule has 0 unspecified atom stereocenters. The average Bonchev–Trinajstić information content (AvgIpc) is 2.49. The number of hydrogen-bond donors (Lipinski definition) is 1. The largest absolute Gasteiger partial charge is 0.395 e. The highest BCUT2D eigenvalue weighted by molar-refractivity contribution is 6.42. The zero-order valence-electron chi connectivity index (χ0n) is 11.6. The maximum Gasteiger partial charge on any atom is 0.246 e. The number of aliphatic hydroxyl groups excluding tert-OH is 1. The molecule has 0 radical (unpaired) electrons. The second kappa shape index (κ2) is 7.80. The second-order valence-electron chi connectivity index (χ2n) is 4.87. The van der Waals surface area contributed by atoms with Crippen LogP contribution in [0.1, 0.15) is 5.56 Å². The predicted molar refractivity (Wildman–Crippen MR) is 85.6 cm³/mol. The monoisotopic (exact) mass is 328 g/mol. The van der Waals surface area contributed by atoms with Crippen molar-refractivity contribution in [1.29, 1.82) is 0 Å². The van der Waals surface area contributed by atoms with Crippen molar-refractivity contribution in [1.82, 2.24) is 9.80 Å². The van der Waals surface area contributed by atoms with Crippen LogP contribution in [0.3, 0.4) is 0 Å². The number of carbonyl (C=O) groups excluding carboxylic acids is 1. The van der Waals surface area contributed by atoms with Gasteiger partial charge >= 0.3 is 0 Å². The van der Waals surface area contributed by atoms with E-state index in [0.717, 1.165) is 18.7 Å². The lowest BCUT2D eigenvalue weighted by Crippen LogP contribution is -2.48. The van der Waals surface area contributed by atoms with E-state index in [0.29, 0.717) is 29.7 Å². The van der Waals surface area contributed by atoms with Crippen LogP contribution in [0.4, 0.5) is 0 Å². The van der Waals surface area contributed by atoms with Gasteiger partial charge in [0.1, 0.15) is 0 Å². The van der Waals surface area contributed by atoms with Crippen molar-refractivity contribution < 1.29 is 9.90 Å². The second-order valence-corrected chi connectivity index (χ2v) is 5.65. The number of benzene rings is 1. The van der Waals surface area contributed by atoms with Crippen LogP contribution in [0.5, 0.6) is 0 Å². The number of aliphatic hydroxyl groups is 1. The molecule has 1 aromatic carbocycles. The molecule has 114 valence electrons. The van der Waals surface area contributed by atoms with Gasteiger partial charge in [0.15, 0.2) is 0 Å². The van der Waals surface area contributed by atoms with Gasteiger partial charge in [-0.1, -0.05) is 35.3 Å². The molecule has 0 spiro atoms. The van der Waals surface area contributed by atoms with Gasteiger partial charge in [-0.25, -0.2) is 0 Å². The van der Waals surface area contributed by atoms with Crippen molar-refractivity contribution in [2.75, 3.05) is 39.3 Å². The number of amides is 1. The predicted octanol–water partition coefficient (Wildman–Crippen LogP) is 2.14. The maximum atomic E-state index is 12.1. The smallest absolute Gasteiger partial charge is 0.246 e. The number of halogens is 2. The SMILES string of the molecule is O=C(C=Cc1cccc(Cl)c1Cl)N1CCN(CCO)CC1. The summed E-state index contributed by atoms with van der Waals surface area (Å²) in [6.45, 7) is 3.74. The molecule has 21 heavy (non-hydrogen) atoms. The van der Waals surface area contributed by atoms with Gasteiger partial charge in [-0.05, 0) is 17.7 Å². The van der Waals surface area contributed by atoms with Crippen LogP contribution in [-0.4, -0.2) is 60.1 Å². The fourth-order valence-corrected chi connectivity index (χ4v) is 2.62. The molecule has 1 aromatic rings. The fourth-order valence-electron chi connectivity index (χ4n) is 2.25. The average molecular weight is 329 g/mol. The van der Waals surface area contributed by atoms with E-state index >= 15 is 0 Å². The van der Waals surface area contributed by atoms with Gasteiger partial charge in [0, 0.05) is 38.8 Å². The lowest BCUT2D eigenvalue weighted by atomic mass is 10.2. The van der Waals surface area contributed by atoms with Gasteiger partial charge in [0.25, 0.3) is 0 Å². The Morgan fingerprint density at radius 2 is 1.95 bits per heavy atom. The molecular weight excluding hydrogens is 311 g/mol. The Bertz CT molecular complexity index is 526. The van der Waals surface area contributed by atoms with E-state index in [1.54, 1.807) is 23.1 Å². The number of piperazine rings is 1. The van der Waals surface area contributed by atoms with Gasteiger partial charge in [0.2, 0.25) is 5.91 Å². The van der Waals surface area contributed by atoms with E-state index in [4.69, 9.17) is 28.3 Å². The number of hydrogen-bond acceptors (Lipinski definition) is 3. The van der Waals surface area contributed by atoms with E-state index in [1.165, 1.54) is 6.08 Å². The molecule has 4 nitrogen and oxygen atoms in total. The zero-order valence-corrected chi connectivity index (χ0v) is 13.1. The third-order valence-electron chi connectivity index (χ3n) is 3.49. The molecule has 0 aliphatic carbocycles. The van der Waals surface area contributed by atoms with Crippen molar-refractivity contribution in [3.8, 4) is 0 Å². The van der Waals surface area contributed by atoms with Gasteiger partial charge in [-0.15, -0.1) is 0 Å². The molecule has 0 atom stereocenters. The zero-order chi connectivity index (χ0) is 15.2. The summed E-state index contributed by atoms with van der Waals surface area (Å²) in [5, 5.41) is 9.83. The van der Waals surface area contributed by atoms with Gasteiger partial charge in [0.05, 0.1) is 16.7 Å². The molecule has 0 aromatic heterocycles. The number of β-amino-alcohol motifs (C(OH)–C–C–N with tert-alkyl or cyclic N) is 1. The van der Waals surface area contributed by atoms with Crippen LogP contribution in [-0.2, 0) is 4.79 Å². The first-order valence-corrected chi connectivity index (χ1v) is 7.61. The Morgan fingerprint density at radius 1 is 1.24 bits per heavy atom. The quantitative estimate of drug-likeness (QED) is 0.861. The highest BCUT2D eigenvalue weighted by atomic mass is 35.5. The third-order valence-corrected chi connectivity index (χ3v) is 4.32. The number of carbonyl (C=O) groups is 1. The summed E-state index contributed by atoms with van der Waals surface area (Å²) in [7, 11) is 0. The summed E-state index contributed by atoms with van der Waals surface area (Å²) in [5.41, 5.74) is 0.733.